The highest BCUT2D eigenvalue weighted by atomic mass is 28.4. The third-order valence-corrected chi connectivity index (χ3v) is 11.2. The van der Waals surface area contributed by atoms with Crippen LogP contribution in [0.5, 0.6) is 0 Å². The van der Waals surface area contributed by atoms with Gasteiger partial charge in [0.25, 0.3) is 5.91 Å². The van der Waals surface area contributed by atoms with Gasteiger partial charge in [0.1, 0.15) is 11.9 Å². The molecule has 0 spiro atoms. The zero-order valence-electron chi connectivity index (χ0n) is 14.9. The van der Waals surface area contributed by atoms with E-state index in [1.807, 2.05) is 0 Å². The van der Waals surface area contributed by atoms with Gasteiger partial charge in [-0.2, -0.15) is 0 Å². The molecule has 23 heavy (non-hydrogen) atoms. The molecule has 2 atom stereocenters. The molecule has 1 saturated heterocycles. The van der Waals surface area contributed by atoms with Crippen LogP contribution < -0.4 is 5.32 Å². The Balaban J connectivity index is 2.32. The number of hydrogen-bond acceptors (Lipinski definition) is 2. The normalized spacial score (nSPS) is 21.7. The summed E-state index contributed by atoms with van der Waals surface area (Å²) in [5, 5.41) is 2.81. The zero-order valence-corrected chi connectivity index (χ0v) is 15.9. The molecule has 0 radical (unpaired) electrons. The largest absolute Gasteiger partial charge is 0.402 e. The van der Waals surface area contributed by atoms with E-state index in [-0.39, 0.29) is 17.8 Å². The van der Waals surface area contributed by atoms with Crippen molar-refractivity contribution in [1.82, 2.24) is 5.32 Å². The first kappa shape index (κ1) is 18.1. The number of hydrogen-bond donors (Lipinski definition) is 1. The second kappa shape index (κ2) is 6.73. The maximum atomic E-state index is 14.1. The fraction of sp³-hybridized carbons (Fsp3) is 0.611. The van der Waals surface area contributed by atoms with Crippen molar-refractivity contribution < 1.29 is 13.6 Å². The molecule has 1 aliphatic heterocycles. The van der Waals surface area contributed by atoms with Gasteiger partial charge in [-0.25, -0.2) is 4.39 Å². The highest BCUT2D eigenvalue weighted by Crippen LogP contribution is 2.45. The number of rotatable bonds is 6. The molecule has 0 bridgehead atoms. The number of nitrogens with one attached hydrogen (secondary N) is 1. The van der Waals surface area contributed by atoms with Crippen molar-refractivity contribution in [1.29, 1.82) is 0 Å². The van der Waals surface area contributed by atoms with Crippen molar-refractivity contribution in [3.05, 3.63) is 35.6 Å². The van der Waals surface area contributed by atoms with Gasteiger partial charge in [-0.3, -0.25) is 4.79 Å². The predicted molar refractivity (Wildman–Crippen MR) is 93.2 cm³/mol. The van der Waals surface area contributed by atoms with Crippen LogP contribution in [0.1, 0.15) is 53.1 Å². The Hall–Kier alpha value is -1.20. The first-order valence-electron chi connectivity index (χ1n) is 8.44. The van der Waals surface area contributed by atoms with Crippen LogP contribution in [0, 0.1) is 5.82 Å². The van der Waals surface area contributed by atoms with Crippen LogP contribution in [0.15, 0.2) is 24.3 Å². The Morgan fingerprint density at radius 2 is 1.57 bits per heavy atom. The Labute approximate surface area is 139 Å². The molecule has 0 unspecified atom stereocenters. The molecule has 0 saturated carbocycles. The first-order chi connectivity index (χ1) is 10.7. The summed E-state index contributed by atoms with van der Waals surface area (Å²) in [7, 11) is -2.18. The first-order valence-corrected chi connectivity index (χ1v) is 10.6. The van der Waals surface area contributed by atoms with Crippen LogP contribution in [0.4, 0.5) is 4.39 Å². The molecule has 0 aliphatic carbocycles. The van der Waals surface area contributed by atoms with Crippen molar-refractivity contribution in [2.75, 3.05) is 0 Å². The molecule has 3 nitrogen and oxygen atoms in total. The van der Waals surface area contributed by atoms with Crippen LogP contribution in [0.2, 0.25) is 16.6 Å². The van der Waals surface area contributed by atoms with Crippen LogP contribution in [-0.2, 0) is 9.22 Å². The molecule has 128 valence electrons. The zero-order chi connectivity index (χ0) is 17.4. The SMILES string of the molecule is CC(C)[Si](O[C@H]1C(=O)N[C@H]1c1ccccc1F)(C(C)C)C(C)C. The molecular formula is C18H28FNO2Si. The van der Waals surface area contributed by atoms with Crippen LogP contribution in [0.25, 0.3) is 0 Å². The summed E-state index contributed by atoms with van der Waals surface area (Å²) in [5.74, 6) is -0.422. The molecule has 0 aromatic heterocycles. The lowest BCUT2D eigenvalue weighted by Crippen LogP contribution is -2.63. The van der Waals surface area contributed by atoms with Crippen molar-refractivity contribution in [3.63, 3.8) is 0 Å². The van der Waals surface area contributed by atoms with Gasteiger partial charge in [-0.05, 0) is 22.7 Å². The topological polar surface area (TPSA) is 38.3 Å². The third-order valence-electron chi connectivity index (χ3n) is 5.14. The molecule has 1 fully saturated rings. The Bertz CT molecular complexity index is 552. The summed E-state index contributed by atoms with van der Waals surface area (Å²) in [6, 6.07) is 6.21. The highest BCUT2D eigenvalue weighted by Gasteiger charge is 2.52. The van der Waals surface area contributed by atoms with Gasteiger partial charge in [0.05, 0.1) is 6.04 Å². The molecule has 1 aliphatic rings. The average Bonchev–Trinajstić information content (AvgIpc) is 2.45. The summed E-state index contributed by atoms with van der Waals surface area (Å²) < 4.78 is 20.6. The van der Waals surface area contributed by atoms with E-state index in [0.29, 0.717) is 22.2 Å². The van der Waals surface area contributed by atoms with E-state index >= 15 is 0 Å². The minimum atomic E-state index is -2.18. The maximum Gasteiger partial charge on any atom is 0.251 e. The fourth-order valence-electron chi connectivity index (χ4n) is 4.08. The number of halogens is 1. The van der Waals surface area contributed by atoms with E-state index in [2.05, 4.69) is 46.9 Å². The molecule has 1 aromatic rings. The Morgan fingerprint density at radius 1 is 1.04 bits per heavy atom. The molecule has 5 heteroatoms. The summed E-state index contributed by atoms with van der Waals surface area (Å²) in [6.45, 7) is 13.1. The second-order valence-corrected chi connectivity index (χ2v) is 12.8. The lowest BCUT2D eigenvalue weighted by molar-refractivity contribution is -0.141. The number of benzene rings is 1. The maximum absolute atomic E-state index is 14.1. The van der Waals surface area contributed by atoms with Crippen molar-refractivity contribution >= 4 is 14.2 Å². The van der Waals surface area contributed by atoms with E-state index in [1.54, 1.807) is 18.2 Å². The van der Waals surface area contributed by atoms with Crippen molar-refractivity contribution in [2.24, 2.45) is 0 Å². The Kier molecular flexibility index (Phi) is 5.31. The van der Waals surface area contributed by atoms with Gasteiger partial charge < -0.3 is 9.74 Å². The molecule has 1 heterocycles. The number of amides is 1. The molecule has 2 rings (SSSR count). The van der Waals surface area contributed by atoms with Gasteiger partial charge >= 0.3 is 0 Å². The lowest BCUT2D eigenvalue weighted by atomic mass is 9.94. The minimum absolute atomic E-state index is 0.128. The third kappa shape index (κ3) is 3.09. The number of β-lactam (4-membered cyclic amide) rings is 1. The highest BCUT2D eigenvalue weighted by molar-refractivity contribution is 6.77. The standard InChI is InChI=1S/C18H28FNO2Si/c1-11(2)23(12(3)4,13(5)6)22-17-16(20-18(17)21)14-9-7-8-10-15(14)19/h7-13,16-17H,1-6H3,(H,20,21)/t16-,17+/m0/s1. The average molecular weight is 338 g/mol. The van der Waals surface area contributed by atoms with E-state index in [0.717, 1.165) is 0 Å². The summed E-state index contributed by atoms with van der Waals surface area (Å²) >= 11 is 0. The monoisotopic (exact) mass is 337 g/mol. The van der Waals surface area contributed by atoms with E-state index in [1.165, 1.54) is 6.07 Å². The van der Waals surface area contributed by atoms with E-state index in [4.69, 9.17) is 4.43 Å². The molecule has 1 N–H and O–H groups in total. The summed E-state index contributed by atoms with van der Waals surface area (Å²) in [4.78, 5) is 12.1. The quantitative estimate of drug-likeness (QED) is 0.610. The Morgan fingerprint density at radius 3 is 2.00 bits per heavy atom. The van der Waals surface area contributed by atoms with Gasteiger partial charge in [0.15, 0.2) is 0 Å². The van der Waals surface area contributed by atoms with Crippen molar-refractivity contribution in [2.45, 2.75) is 70.3 Å². The molecule has 1 aromatic carbocycles. The van der Waals surface area contributed by atoms with Gasteiger partial charge in [0, 0.05) is 5.56 Å². The van der Waals surface area contributed by atoms with E-state index < -0.39 is 14.4 Å². The fourth-order valence-corrected chi connectivity index (χ4v) is 9.58. The van der Waals surface area contributed by atoms with E-state index in [9.17, 15) is 9.18 Å². The smallest absolute Gasteiger partial charge is 0.251 e. The van der Waals surface area contributed by atoms with Crippen LogP contribution in [-0.4, -0.2) is 20.3 Å². The van der Waals surface area contributed by atoms with Crippen LogP contribution >= 0.6 is 0 Å². The predicted octanol–water partition coefficient (Wildman–Crippen LogP) is 4.56. The van der Waals surface area contributed by atoms with Gasteiger partial charge in [-0.1, -0.05) is 59.7 Å². The van der Waals surface area contributed by atoms with Crippen LogP contribution in [0.3, 0.4) is 0 Å². The van der Waals surface area contributed by atoms with Gasteiger partial charge in [0.2, 0.25) is 8.32 Å². The lowest BCUT2D eigenvalue weighted by Gasteiger charge is -2.48. The molecule has 1 amide bonds. The van der Waals surface area contributed by atoms with Gasteiger partial charge in [-0.15, -0.1) is 0 Å². The summed E-state index contributed by atoms with van der Waals surface area (Å²) in [5.41, 5.74) is 1.67. The number of carbonyl (C=O) groups excluding carboxylic acids is 1. The summed E-state index contributed by atoms with van der Waals surface area (Å²) in [6.07, 6.45) is -0.578. The van der Waals surface area contributed by atoms with Crippen molar-refractivity contribution in [3.8, 4) is 0 Å². The molecular weight excluding hydrogens is 309 g/mol. The minimum Gasteiger partial charge on any atom is -0.402 e. The number of carbonyl (C=O) groups is 1. The second-order valence-electron chi connectivity index (χ2n) is 7.36.